The van der Waals surface area contributed by atoms with Gasteiger partial charge >= 0.3 is 5.97 Å². The Bertz CT molecular complexity index is 473. The first-order valence-corrected chi connectivity index (χ1v) is 8.81. The molecule has 0 N–H and O–H groups in total. The van der Waals surface area contributed by atoms with E-state index in [-0.39, 0.29) is 12.4 Å². The van der Waals surface area contributed by atoms with Gasteiger partial charge in [-0.2, -0.15) is 0 Å². The molecule has 2 nitrogen and oxygen atoms in total. The molecule has 0 aromatic heterocycles. The van der Waals surface area contributed by atoms with Crippen LogP contribution in [-0.4, -0.2) is 17.5 Å². The van der Waals surface area contributed by atoms with Crippen molar-refractivity contribution >= 4 is 17.6 Å². The molecule has 1 unspecified atom stereocenters. The van der Waals surface area contributed by atoms with Gasteiger partial charge in [0.05, 0.1) is 17.9 Å². The van der Waals surface area contributed by atoms with E-state index in [2.05, 4.69) is 24.3 Å². The zero-order chi connectivity index (χ0) is 16.0. The molecule has 122 valence electrons. The molecule has 1 atom stereocenters. The molecule has 0 radical (unpaired) electrons. The van der Waals surface area contributed by atoms with Crippen molar-refractivity contribution in [2.24, 2.45) is 0 Å². The number of carbonyl (C=O) groups excluding carboxylic acids is 1. The Morgan fingerprint density at radius 2 is 1.86 bits per heavy atom. The highest BCUT2D eigenvalue weighted by atomic mass is 35.5. The fourth-order valence-electron chi connectivity index (χ4n) is 3.34. The molecule has 1 aromatic rings. The van der Waals surface area contributed by atoms with Crippen LogP contribution in [0, 0.1) is 0 Å². The van der Waals surface area contributed by atoms with Crippen LogP contribution >= 0.6 is 11.6 Å². The standard InChI is InChI=1S/C19H27ClO2/c1-3-22-18(21)14-19(2,20)13-15-9-11-17(12-10-15)16-7-5-4-6-8-16/h9-12,16H,3-8,13-14H2,1-2H3. The minimum atomic E-state index is -0.585. The first-order chi connectivity index (χ1) is 10.5. The van der Waals surface area contributed by atoms with Crippen LogP contribution in [-0.2, 0) is 16.0 Å². The topological polar surface area (TPSA) is 26.3 Å². The molecule has 0 heterocycles. The maximum Gasteiger partial charge on any atom is 0.307 e. The second-order valence-corrected chi connectivity index (χ2v) is 7.56. The fraction of sp³-hybridized carbons (Fsp3) is 0.632. The van der Waals surface area contributed by atoms with Crippen LogP contribution in [0.3, 0.4) is 0 Å². The first-order valence-electron chi connectivity index (χ1n) is 8.43. The molecule has 22 heavy (non-hydrogen) atoms. The fourth-order valence-corrected chi connectivity index (χ4v) is 3.61. The predicted molar refractivity (Wildman–Crippen MR) is 91.5 cm³/mol. The van der Waals surface area contributed by atoms with Gasteiger partial charge < -0.3 is 4.74 Å². The summed E-state index contributed by atoms with van der Waals surface area (Å²) in [5.41, 5.74) is 2.63. The van der Waals surface area contributed by atoms with E-state index in [1.807, 2.05) is 13.8 Å². The molecule has 0 aliphatic heterocycles. The highest BCUT2D eigenvalue weighted by Crippen LogP contribution is 2.33. The van der Waals surface area contributed by atoms with Crippen molar-refractivity contribution in [1.29, 1.82) is 0 Å². The zero-order valence-corrected chi connectivity index (χ0v) is 14.5. The maximum atomic E-state index is 11.6. The van der Waals surface area contributed by atoms with Gasteiger partial charge in [-0.1, -0.05) is 43.5 Å². The van der Waals surface area contributed by atoms with Crippen molar-refractivity contribution < 1.29 is 9.53 Å². The molecule has 1 aromatic carbocycles. The summed E-state index contributed by atoms with van der Waals surface area (Å²) in [5, 5.41) is 0. The van der Waals surface area contributed by atoms with Crippen LogP contribution in [0.1, 0.15) is 69.4 Å². The molecule has 0 bridgehead atoms. The van der Waals surface area contributed by atoms with E-state index in [1.165, 1.54) is 43.2 Å². The van der Waals surface area contributed by atoms with E-state index in [0.29, 0.717) is 13.0 Å². The number of hydrogen-bond donors (Lipinski definition) is 0. The SMILES string of the molecule is CCOC(=O)CC(C)(Cl)Cc1ccc(C2CCCCC2)cc1. The summed E-state index contributed by atoms with van der Waals surface area (Å²) >= 11 is 6.49. The summed E-state index contributed by atoms with van der Waals surface area (Å²) in [4.78, 5) is 11.0. The van der Waals surface area contributed by atoms with E-state index in [4.69, 9.17) is 16.3 Å². The van der Waals surface area contributed by atoms with Crippen LogP contribution in [0.4, 0.5) is 0 Å². The molecule has 1 aliphatic rings. The lowest BCUT2D eigenvalue weighted by Crippen LogP contribution is -2.25. The second kappa shape index (κ2) is 8.01. The first kappa shape index (κ1) is 17.3. The summed E-state index contributed by atoms with van der Waals surface area (Å²) < 4.78 is 4.99. The number of hydrogen-bond acceptors (Lipinski definition) is 2. The van der Waals surface area contributed by atoms with Gasteiger partial charge in [0.15, 0.2) is 0 Å². The molecule has 3 heteroatoms. The minimum absolute atomic E-state index is 0.223. The summed E-state index contributed by atoms with van der Waals surface area (Å²) in [5.74, 6) is 0.503. The summed E-state index contributed by atoms with van der Waals surface area (Å²) in [6.07, 6.45) is 7.64. The van der Waals surface area contributed by atoms with Crippen molar-refractivity contribution in [1.82, 2.24) is 0 Å². The smallest absolute Gasteiger partial charge is 0.307 e. The summed E-state index contributed by atoms with van der Waals surface area (Å²) in [7, 11) is 0. The van der Waals surface area contributed by atoms with E-state index in [9.17, 15) is 4.79 Å². The molecule has 0 amide bonds. The molecular weight excluding hydrogens is 296 g/mol. The van der Waals surface area contributed by atoms with Gasteiger partial charge in [0.2, 0.25) is 0 Å². The Kier molecular flexibility index (Phi) is 6.31. The number of carbonyl (C=O) groups is 1. The maximum absolute atomic E-state index is 11.6. The third-order valence-corrected chi connectivity index (χ3v) is 4.71. The average Bonchev–Trinajstić information content (AvgIpc) is 2.48. The molecule has 2 rings (SSSR count). The number of esters is 1. The van der Waals surface area contributed by atoms with Gasteiger partial charge in [0.1, 0.15) is 0 Å². The third kappa shape index (κ3) is 5.31. The summed E-state index contributed by atoms with van der Waals surface area (Å²) in [6, 6.07) is 8.80. The second-order valence-electron chi connectivity index (χ2n) is 6.65. The highest BCUT2D eigenvalue weighted by Gasteiger charge is 2.26. The van der Waals surface area contributed by atoms with Gasteiger partial charge in [-0.15, -0.1) is 11.6 Å². The Balaban J connectivity index is 1.93. The Labute approximate surface area is 139 Å². The Morgan fingerprint density at radius 1 is 1.23 bits per heavy atom. The molecule has 1 fully saturated rings. The number of alkyl halides is 1. The molecule has 1 aliphatic carbocycles. The Hall–Kier alpha value is -1.02. The van der Waals surface area contributed by atoms with Crippen molar-refractivity contribution in [2.45, 2.75) is 69.6 Å². The number of rotatable bonds is 6. The van der Waals surface area contributed by atoms with Gasteiger partial charge in [0.25, 0.3) is 0 Å². The van der Waals surface area contributed by atoms with E-state index < -0.39 is 4.87 Å². The monoisotopic (exact) mass is 322 g/mol. The minimum Gasteiger partial charge on any atom is -0.466 e. The lowest BCUT2D eigenvalue weighted by molar-refractivity contribution is -0.143. The number of ether oxygens (including phenoxy) is 1. The lowest BCUT2D eigenvalue weighted by Gasteiger charge is -2.23. The number of halogens is 1. The molecular formula is C19H27ClO2. The van der Waals surface area contributed by atoms with Crippen LogP contribution in [0.15, 0.2) is 24.3 Å². The van der Waals surface area contributed by atoms with Crippen LogP contribution < -0.4 is 0 Å². The van der Waals surface area contributed by atoms with Crippen molar-refractivity contribution in [3.05, 3.63) is 35.4 Å². The molecule has 0 spiro atoms. The molecule has 1 saturated carbocycles. The van der Waals surface area contributed by atoms with Crippen LogP contribution in [0.2, 0.25) is 0 Å². The van der Waals surface area contributed by atoms with Crippen molar-refractivity contribution in [3.63, 3.8) is 0 Å². The molecule has 0 saturated heterocycles. The largest absolute Gasteiger partial charge is 0.466 e. The summed E-state index contributed by atoms with van der Waals surface area (Å²) in [6.45, 7) is 4.12. The lowest BCUT2D eigenvalue weighted by atomic mass is 9.83. The van der Waals surface area contributed by atoms with Gasteiger partial charge in [0, 0.05) is 0 Å². The van der Waals surface area contributed by atoms with E-state index in [0.717, 1.165) is 5.92 Å². The van der Waals surface area contributed by atoms with Gasteiger partial charge in [-0.25, -0.2) is 0 Å². The number of benzene rings is 1. The van der Waals surface area contributed by atoms with Crippen molar-refractivity contribution in [2.75, 3.05) is 6.61 Å². The van der Waals surface area contributed by atoms with Gasteiger partial charge in [-0.05, 0) is 50.2 Å². The highest BCUT2D eigenvalue weighted by molar-refractivity contribution is 6.24. The van der Waals surface area contributed by atoms with E-state index >= 15 is 0 Å². The average molecular weight is 323 g/mol. The van der Waals surface area contributed by atoms with Crippen LogP contribution in [0.5, 0.6) is 0 Å². The Morgan fingerprint density at radius 3 is 2.45 bits per heavy atom. The van der Waals surface area contributed by atoms with Crippen molar-refractivity contribution in [3.8, 4) is 0 Å². The third-order valence-electron chi connectivity index (χ3n) is 4.45. The quantitative estimate of drug-likeness (QED) is 0.529. The van der Waals surface area contributed by atoms with E-state index in [1.54, 1.807) is 0 Å². The zero-order valence-electron chi connectivity index (χ0n) is 13.7. The van der Waals surface area contributed by atoms with Crippen LogP contribution in [0.25, 0.3) is 0 Å². The van der Waals surface area contributed by atoms with Gasteiger partial charge in [-0.3, -0.25) is 4.79 Å². The normalized spacial score (nSPS) is 18.7. The predicted octanol–water partition coefficient (Wildman–Crippen LogP) is 5.23.